The largest absolute Gasteiger partial charge is 0.410 e. The molecule has 0 aliphatic carbocycles. The van der Waals surface area contributed by atoms with Crippen LogP contribution in [-0.4, -0.2) is 15.9 Å². The third-order valence-corrected chi connectivity index (χ3v) is 3.69. The van der Waals surface area contributed by atoms with Crippen molar-refractivity contribution in [3.05, 3.63) is 69.3 Å². The number of hydrogen-bond donors (Lipinski definition) is 2. The summed E-state index contributed by atoms with van der Waals surface area (Å²) in [7, 11) is 0. The van der Waals surface area contributed by atoms with Gasteiger partial charge in [-0.2, -0.15) is 0 Å². The van der Waals surface area contributed by atoms with Crippen LogP contribution in [0.1, 0.15) is 11.1 Å². The van der Waals surface area contributed by atoms with E-state index in [4.69, 9.17) is 0 Å². The van der Waals surface area contributed by atoms with Gasteiger partial charge in [-0.25, -0.2) is 0 Å². The number of aromatic amines is 1. The zero-order chi connectivity index (χ0) is 13.2. The number of aromatic nitrogens is 1. The third kappa shape index (κ3) is 2.15. The molecular weight excluding hydrogens is 260 g/mol. The molecule has 0 spiro atoms. The van der Waals surface area contributed by atoms with Crippen molar-refractivity contribution in [3.8, 4) is 0 Å². The van der Waals surface area contributed by atoms with Crippen molar-refractivity contribution in [1.29, 1.82) is 0 Å². The Bertz CT molecular complexity index is 803. The third-order valence-electron chi connectivity index (χ3n) is 2.84. The van der Waals surface area contributed by atoms with Crippen LogP contribution < -0.4 is 4.87 Å². The Kier molecular flexibility index (Phi) is 2.89. The van der Waals surface area contributed by atoms with Gasteiger partial charge in [-0.1, -0.05) is 52.9 Å². The van der Waals surface area contributed by atoms with Crippen LogP contribution >= 0.6 is 11.3 Å². The average molecular weight is 270 g/mol. The highest BCUT2D eigenvalue weighted by Crippen LogP contribution is 2.19. The molecule has 0 radical (unpaired) electrons. The van der Waals surface area contributed by atoms with E-state index in [-0.39, 0.29) is 4.87 Å². The smallest absolute Gasteiger partial charge is 0.305 e. The van der Waals surface area contributed by atoms with Gasteiger partial charge in [0.25, 0.3) is 0 Å². The van der Waals surface area contributed by atoms with Crippen LogP contribution in [0.2, 0.25) is 0 Å². The predicted molar refractivity (Wildman–Crippen MR) is 76.3 cm³/mol. The summed E-state index contributed by atoms with van der Waals surface area (Å²) in [6.45, 7) is 0. The number of benzene rings is 2. The average Bonchev–Trinajstić information content (AvgIpc) is 2.80. The van der Waals surface area contributed by atoms with E-state index in [0.717, 1.165) is 32.7 Å². The highest BCUT2D eigenvalue weighted by molar-refractivity contribution is 7.16. The Morgan fingerprint density at radius 1 is 1.11 bits per heavy atom. The van der Waals surface area contributed by atoms with Crippen molar-refractivity contribution < 1.29 is 5.21 Å². The number of H-pyrrole nitrogens is 1. The summed E-state index contributed by atoms with van der Waals surface area (Å²) in [6.07, 6.45) is 0. The van der Waals surface area contributed by atoms with Crippen LogP contribution in [0.5, 0.6) is 0 Å². The van der Waals surface area contributed by atoms with Crippen molar-refractivity contribution in [1.82, 2.24) is 4.98 Å². The molecule has 0 amide bonds. The summed E-state index contributed by atoms with van der Waals surface area (Å²) in [5.74, 6) is 0. The molecule has 94 valence electrons. The molecule has 0 unspecified atom stereocenters. The fraction of sp³-hybridized carbons (Fsp3) is 0. The highest BCUT2D eigenvalue weighted by Gasteiger charge is 2.09. The Hall–Kier alpha value is -2.40. The number of hydrogen-bond acceptors (Lipinski definition) is 4. The van der Waals surface area contributed by atoms with Crippen LogP contribution in [0.15, 0.2) is 58.5 Å². The lowest BCUT2D eigenvalue weighted by Gasteiger charge is -2.04. The zero-order valence-corrected chi connectivity index (χ0v) is 10.6. The Balaban J connectivity index is 2.14. The zero-order valence-electron chi connectivity index (χ0n) is 9.83. The molecule has 0 saturated carbocycles. The molecule has 5 heteroatoms. The van der Waals surface area contributed by atoms with Crippen molar-refractivity contribution in [3.63, 3.8) is 0 Å². The standard InChI is InChI=1S/C14H10N2O2S/c17-14-15-11-7-6-10(8-12(11)19-14)13(16-18)9-4-2-1-3-5-9/h1-8,18H,(H,15,17)/b16-13-. The van der Waals surface area contributed by atoms with E-state index in [1.807, 2.05) is 48.5 Å². The van der Waals surface area contributed by atoms with E-state index < -0.39 is 0 Å². The van der Waals surface area contributed by atoms with E-state index >= 15 is 0 Å². The molecule has 0 atom stereocenters. The monoisotopic (exact) mass is 270 g/mol. The molecule has 3 rings (SSSR count). The minimum absolute atomic E-state index is 0.0886. The van der Waals surface area contributed by atoms with Gasteiger partial charge < -0.3 is 10.2 Å². The first-order valence-electron chi connectivity index (χ1n) is 5.68. The molecule has 3 aromatic rings. The Morgan fingerprint density at radius 2 is 1.89 bits per heavy atom. The second-order valence-electron chi connectivity index (χ2n) is 4.04. The number of fused-ring (bicyclic) bond motifs is 1. The van der Waals surface area contributed by atoms with Crippen LogP contribution in [0.3, 0.4) is 0 Å². The van der Waals surface area contributed by atoms with E-state index in [1.54, 1.807) is 0 Å². The van der Waals surface area contributed by atoms with Gasteiger partial charge in [-0.3, -0.25) is 4.79 Å². The summed E-state index contributed by atoms with van der Waals surface area (Å²) in [4.78, 5) is 13.9. The van der Waals surface area contributed by atoms with Crippen molar-refractivity contribution in [2.24, 2.45) is 5.16 Å². The van der Waals surface area contributed by atoms with E-state index in [9.17, 15) is 10.0 Å². The second-order valence-corrected chi connectivity index (χ2v) is 5.05. The maximum absolute atomic E-state index is 11.3. The van der Waals surface area contributed by atoms with Gasteiger partial charge >= 0.3 is 4.87 Å². The first kappa shape index (κ1) is 11.7. The maximum Gasteiger partial charge on any atom is 0.305 e. The number of rotatable bonds is 2. The SMILES string of the molecule is O=c1[nH]c2ccc(/C(=N\O)c3ccccc3)cc2s1. The molecule has 1 aromatic heterocycles. The fourth-order valence-electron chi connectivity index (χ4n) is 1.97. The van der Waals surface area contributed by atoms with Crippen molar-refractivity contribution >= 4 is 27.3 Å². The lowest BCUT2D eigenvalue weighted by Crippen LogP contribution is -2.02. The quantitative estimate of drug-likeness (QED) is 0.427. The van der Waals surface area contributed by atoms with Crippen LogP contribution in [0.4, 0.5) is 0 Å². The number of nitrogens with one attached hydrogen (secondary N) is 1. The van der Waals surface area contributed by atoms with Gasteiger partial charge in [-0.05, 0) is 12.1 Å². The number of nitrogens with zero attached hydrogens (tertiary/aromatic N) is 1. The summed E-state index contributed by atoms with van der Waals surface area (Å²) in [6, 6.07) is 14.9. The lowest BCUT2D eigenvalue weighted by atomic mass is 10.0. The molecule has 2 aromatic carbocycles. The van der Waals surface area contributed by atoms with Gasteiger partial charge in [0.15, 0.2) is 0 Å². The number of thiazole rings is 1. The summed E-state index contributed by atoms with van der Waals surface area (Å²) in [5, 5.41) is 12.6. The summed E-state index contributed by atoms with van der Waals surface area (Å²) < 4.78 is 0.847. The molecule has 4 nitrogen and oxygen atoms in total. The molecule has 0 aliphatic rings. The van der Waals surface area contributed by atoms with Crippen LogP contribution in [-0.2, 0) is 0 Å². The summed E-state index contributed by atoms with van der Waals surface area (Å²) in [5.41, 5.74) is 2.89. The van der Waals surface area contributed by atoms with E-state index in [1.165, 1.54) is 0 Å². The molecule has 1 heterocycles. The first-order valence-corrected chi connectivity index (χ1v) is 6.50. The van der Waals surface area contributed by atoms with Crippen LogP contribution in [0.25, 0.3) is 10.2 Å². The molecule has 0 fully saturated rings. The Labute approximate surface area is 112 Å². The van der Waals surface area contributed by atoms with E-state index in [2.05, 4.69) is 10.1 Å². The van der Waals surface area contributed by atoms with Gasteiger partial charge in [0.1, 0.15) is 5.71 Å². The first-order chi connectivity index (χ1) is 9.28. The van der Waals surface area contributed by atoms with Gasteiger partial charge in [-0.15, -0.1) is 0 Å². The molecule has 19 heavy (non-hydrogen) atoms. The van der Waals surface area contributed by atoms with Crippen LogP contribution in [0, 0.1) is 0 Å². The van der Waals surface area contributed by atoms with Gasteiger partial charge in [0.05, 0.1) is 10.2 Å². The number of oxime groups is 1. The minimum atomic E-state index is -0.0886. The minimum Gasteiger partial charge on any atom is -0.410 e. The maximum atomic E-state index is 11.3. The summed E-state index contributed by atoms with van der Waals surface area (Å²) >= 11 is 1.14. The Morgan fingerprint density at radius 3 is 2.63 bits per heavy atom. The van der Waals surface area contributed by atoms with Crippen molar-refractivity contribution in [2.45, 2.75) is 0 Å². The normalized spacial score (nSPS) is 11.9. The molecule has 0 aliphatic heterocycles. The van der Waals surface area contributed by atoms with Gasteiger partial charge in [0.2, 0.25) is 0 Å². The topological polar surface area (TPSA) is 65.5 Å². The lowest BCUT2D eigenvalue weighted by molar-refractivity contribution is 0.319. The predicted octanol–water partition coefficient (Wildman–Crippen LogP) is 2.82. The molecule has 0 saturated heterocycles. The molecular formula is C14H10N2O2S. The second kappa shape index (κ2) is 4.70. The van der Waals surface area contributed by atoms with Crippen molar-refractivity contribution in [2.75, 3.05) is 0 Å². The van der Waals surface area contributed by atoms with E-state index in [0.29, 0.717) is 5.71 Å². The van der Waals surface area contributed by atoms with Gasteiger partial charge in [0, 0.05) is 11.1 Å². The highest BCUT2D eigenvalue weighted by atomic mass is 32.1. The molecule has 0 bridgehead atoms. The fourth-order valence-corrected chi connectivity index (χ4v) is 2.75. The molecule has 2 N–H and O–H groups in total.